The van der Waals surface area contributed by atoms with Crippen molar-refractivity contribution in [2.75, 3.05) is 0 Å². The van der Waals surface area contributed by atoms with Crippen LogP contribution >= 0.6 is 0 Å². The standard InChI is InChI=1S/C41H26N2O/c1-2-11-32(12-3-1)43-38-23-21-30(27-17-19-29(20-18-27)41-42-37-15-6-7-16-40(37)44-41)25-35(38)36-26-31(22-24-39(36)43)34-14-8-10-28-9-4-5-13-33(28)34/h1-26H. The molecule has 206 valence electrons. The van der Waals surface area contributed by atoms with E-state index >= 15 is 0 Å². The average Bonchev–Trinajstić information content (AvgIpc) is 3.67. The second-order valence-corrected chi connectivity index (χ2v) is 11.2. The van der Waals surface area contributed by atoms with Gasteiger partial charge in [-0.15, -0.1) is 0 Å². The van der Waals surface area contributed by atoms with Crippen molar-refractivity contribution in [3.05, 3.63) is 158 Å². The van der Waals surface area contributed by atoms with E-state index in [0.29, 0.717) is 5.89 Å². The molecule has 0 saturated heterocycles. The SMILES string of the molecule is c1ccc(-n2c3ccc(-c4ccc(-c5nc6ccccc6o5)cc4)cc3c3cc(-c4cccc5ccccc45)ccc32)cc1. The molecule has 0 bridgehead atoms. The number of hydrogen-bond acceptors (Lipinski definition) is 2. The molecule has 0 radical (unpaired) electrons. The Morgan fingerprint density at radius 1 is 0.455 bits per heavy atom. The van der Waals surface area contributed by atoms with Crippen LogP contribution in [-0.4, -0.2) is 9.55 Å². The number of para-hydroxylation sites is 3. The third kappa shape index (κ3) is 3.94. The van der Waals surface area contributed by atoms with Crippen LogP contribution in [0.3, 0.4) is 0 Å². The zero-order valence-corrected chi connectivity index (χ0v) is 23.8. The lowest BCUT2D eigenvalue weighted by molar-refractivity contribution is 0.620. The third-order valence-electron chi connectivity index (χ3n) is 8.64. The maximum atomic E-state index is 6.01. The molecule has 2 heterocycles. The average molecular weight is 563 g/mol. The summed E-state index contributed by atoms with van der Waals surface area (Å²) < 4.78 is 8.38. The van der Waals surface area contributed by atoms with E-state index in [1.807, 2.05) is 24.3 Å². The van der Waals surface area contributed by atoms with Gasteiger partial charge in [-0.3, -0.25) is 0 Å². The highest BCUT2D eigenvalue weighted by Crippen LogP contribution is 2.38. The summed E-state index contributed by atoms with van der Waals surface area (Å²) in [5.74, 6) is 0.639. The first kappa shape index (κ1) is 24.6. The highest BCUT2D eigenvalue weighted by molar-refractivity contribution is 6.12. The van der Waals surface area contributed by atoms with Gasteiger partial charge in [0.05, 0.1) is 11.0 Å². The summed E-state index contributed by atoms with van der Waals surface area (Å²) in [6.07, 6.45) is 0. The number of nitrogens with zero attached hydrogens (tertiary/aromatic N) is 2. The molecule has 0 amide bonds. The van der Waals surface area contributed by atoms with E-state index in [4.69, 9.17) is 4.42 Å². The molecule has 0 atom stereocenters. The third-order valence-corrected chi connectivity index (χ3v) is 8.64. The van der Waals surface area contributed by atoms with Crippen LogP contribution < -0.4 is 0 Å². The van der Waals surface area contributed by atoms with Crippen LogP contribution in [0, 0.1) is 0 Å². The van der Waals surface area contributed by atoms with Crippen LogP contribution in [0.5, 0.6) is 0 Å². The Morgan fingerprint density at radius 2 is 1.09 bits per heavy atom. The maximum absolute atomic E-state index is 6.01. The van der Waals surface area contributed by atoms with E-state index in [2.05, 4.69) is 143 Å². The molecule has 2 aromatic heterocycles. The molecule has 0 aliphatic heterocycles. The molecule has 0 saturated carbocycles. The van der Waals surface area contributed by atoms with Gasteiger partial charge in [0.2, 0.25) is 5.89 Å². The summed E-state index contributed by atoms with van der Waals surface area (Å²) in [5, 5.41) is 4.98. The lowest BCUT2D eigenvalue weighted by atomic mass is 9.96. The largest absolute Gasteiger partial charge is 0.436 e. The summed E-state index contributed by atoms with van der Waals surface area (Å²) in [6.45, 7) is 0. The molecule has 0 aliphatic carbocycles. The second kappa shape index (κ2) is 9.82. The van der Waals surface area contributed by atoms with Gasteiger partial charge in [0.25, 0.3) is 0 Å². The van der Waals surface area contributed by atoms with Gasteiger partial charge in [0.1, 0.15) is 5.52 Å². The fourth-order valence-electron chi connectivity index (χ4n) is 6.50. The lowest BCUT2D eigenvalue weighted by Gasteiger charge is -2.09. The number of rotatable bonds is 4. The molecule has 0 unspecified atom stereocenters. The highest BCUT2D eigenvalue weighted by atomic mass is 16.3. The Hall–Kier alpha value is -5.93. The monoisotopic (exact) mass is 562 g/mol. The molecule has 44 heavy (non-hydrogen) atoms. The Morgan fingerprint density at radius 3 is 1.91 bits per heavy atom. The predicted molar refractivity (Wildman–Crippen MR) is 182 cm³/mol. The number of fused-ring (bicyclic) bond motifs is 5. The van der Waals surface area contributed by atoms with Crippen molar-refractivity contribution < 1.29 is 4.42 Å². The van der Waals surface area contributed by atoms with Crippen molar-refractivity contribution in [2.45, 2.75) is 0 Å². The number of benzene rings is 7. The van der Waals surface area contributed by atoms with Crippen molar-refractivity contribution in [3.63, 3.8) is 0 Å². The summed E-state index contributed by atoms with van der Waals surface area (Å²) in [6, 6.07) is 55.9. The van der Waals surface area contributed by atoms with E-state index < -0.39 is 0 Å². The minimum Gasteiger partial charge on any atom is -0.436 e. The fourth-order valence-corrected chi connectivity index (χ4v) is 6.50. The minimum atomic E-state index is 0.639. The van der Waals surface area contributed by atoms with Crippen LogP contribution in [0.15, 0.2) is 162 Å². The maximum Gasteiger partial charge on any atom is 0.227 e. The second-order valence-electron chi connectivity index (χ2n) is 11.2. The molecular weight excluding hydrogens is 536 g/mol. The normalized spacial score (nSPS) is 11.6. The van der Waals surface area contributed by atoms with Gasteiger partial charge in [0, 0.05) is 22.0 Å². The minimum absolute atomic E-state index is 0.639. The van der Waals surface area contributed by atoms with Gasteiger partial charge in [-0.25, -0.2) is 4.98 Å². The summed E-state index contributed by atoms with van der Waals surface area (Å²) in [4.78, 5) is 4.67. The molecule has 0 spiro atoms. The Bertz CT molecular complexity index is 2450. The first-order valence-electron chi connectivity index (χ1n) is 14.9. The lowest BCUT2D eigenvalue weighted by Crippen LogP contribution is -1.93. The fraction of sp³-hybridized carbons (Fsp3) is 0. The number of hydrogen-bond donors (Lipinski definition) is 0. The number of aromatic nitrogens is 2. The first-order chi connectivity index (χ1) is 21.8. The topological polar surface area (TPSA) is 31.0 Å². The van der Waals surface area contributed by atoms with Crippen LogP contribution in [-0.2, 0) is 0 Å². The Kier molecular flexibility index (Phi) is 5.50. The summed E-state index contributed by atoms with van der Waals surface area (Å²) in [7, 11) is 0. The van der Waals surface area contributed by atoms with E-state index in [1.54, 1.807) is 0 Å². The molecule has 0 N–H and O–H groups in total. The Labute approximate surface area is 254 Å². The van der Waals surface area contributed by atoms with E-state index in [1.165, 1.54) is 49.3 Å². The summed E-state index contributed by atoms with van der Waals surface area (Å²) in [5.41, 5.74) is 11.0. The van der Waals surface area contributed by atoms with E-state index in [0.717, 1.165) is 27.9 Å². The zero-order chi connectivity index (χ0) is 29.0. The number of oxazole rings is 1. The first-order valence-corrected chi connectivity index (χ1v) is 14.9. The molecule has 0 aliphatic rings. The van der Waals surface area contributed by atoms with Crippen LogP contribution in [0.2, 0.25) is 0 Å². The molecule has 7 aromatic carbocycles. The van der Waals surface area contributed by atoms with Gasteiger partial charge >= 0.3 is 0 Å². The van der Waals surface area contributed by atoms with Gasteiger partial charge in [0.15, 0.2) is 5.58 Å². The van der Waals surface area contributed by atoms with Crippen molar-refractivity contribution in [3.8, 4) is 39.4 Å². The van der Waals surface area contributed by atoms with Gasteiger partial charge in [-0.1, -0.05) is 97.1 Å². The summed E-state index contributed by atoms with van der Waals surface area (Å²) >= 11 is 0. The van der Waals surface area contributed by atoms with Crippen LogP contribution in [0.25, 0.3) is 83.1 Å². The van der Waals surface area contributed by atoms with Crippen LogP contribution in [0.4, 0.5) is 0 Å². The van der Waals surface area contributed by atoms with Crippen molar-refractivity contribution >= 4 is 43.7 Å². The molecular formula is C41H26N2O. The molecule has 3 heteroatoms. The van der Waals surface area contributed by atoms with Crippen molar-refractivity contribution in [1.82, 2.24) is 9.55 Å². The Balaban J connectivity index is 1.21. The molecule has 0 fully saturated rings. The zero-order valence-electron chi connectivity index (χ0n) is 23.8. The van der Waals surface area contributed by atoms with Crippen molar-refractivity contribution in [2.24, 2.45) is 0 Å². The quantitative estimate of drug-likeness (QED) is 0.214. The predicted octanol–water partition coefficient (Wildman–Crippen LogP) is 11.1. The van der Waals surface area contributed by atoms with Gasteiger partial charge in [-0.05, 0) is 93.7 Å². The molecule has 9 aromatic rings. The van der Waals surface area contributed by atoms with Crippen molar-refractivity contribution in [1.29, 1.82) is 0 Å². The van der Waals surface area contributed by atoms with E-state index in [-0.39, 0.29) is 0 Å². The molecule has 3 nitrogen and oxygen atoms in total. The smallest absolute Gasteiger partial charge is 0.227 e. The van der Waals surface area contributed by atoms with Crippen LogP contribution in [0.1, 0.15) is 0 Å². The highest BCUT2D eigenvalue weighted by Gasteiger charge is 2.16. The van der Waals surface area contributed by atoms with E-state index in [9.17, 15) is 0 Å². The van der Waals surface area contributed by atoms with Gasteiger partial charge in [-0.2, -0.15) is 0 Å². The van der Waals surface area contributed by atoms with Gasteiger partial charge < -0.3 is 8.98 Å². The molecule has 9 rings (SSSR count).